The largest absolute Gasteiger partial charge is 0.377 e. The average Bonchev–Trinajstić information content (AvgIpc) is 2.47. The summed E-state index contributed by atoms with van der Waals surface area (Å²) in [5.41, 5.74) is -0.0150. The van der Waals surface area contributed by atoms with Crippen molar-refractivity contribution in [2.75, 3.05) is 13.7 Å². The van der Waals surface area contributed by atoms with Gasteiger partial charge in [-0.2, -0.15) is 0 Å². The van der Waals surface area contributed by atoms with Crippen LogP contribution in [0.3, 0.4) is 0 Å². The van der Waals surface area contributed by atoms with Crippen LogP contribution in [0.15, 0.2) is 0 Å². The van der Waals surface area contributed by atoms with E-state index in [0.29, 0.717) is 6.04 Å². The van der Waals surface area contributed by atoms with Gasteiger partial charge in [0.15, 0.2) is 0 Å². The van der Waals surface area contributed by atoms with E-state index in [-0.39, 0.29) is 5.60 Å². The predicted molar refractivity (Wildman–Crippen MR) is 83.5 cm³/mol. The monoisotopic (exact) mass is 269 g/mol. The number of hydrogen-bond acceptors (Lipinski definition) is 2. The molecule has 0 radical (unpaired) electrons. The minimum atomic E-state index is -0.0150. The summed E-state index contributed by atoms with van der Waals surface area (Å²) in [7, 11) is 1.88. The first-order valence-electron chi connectivity index (χ1n) is 8.39. The van der Waals surface area contributed by atoms with Crippen molar-refractivity contribution in [1.82, 2.24) is 5.32 Å². The molecule has 0 aliphatic heterocycles. The van der Waals surface area contributed by atoms with E-state index < -0.39 is 0 Å². The molecule has 2 heteroatoms. The Hall–Kier alpha value is -0.0800. The minimum Gasteiger partial charge on any atom is -0.377 e. The molecule has 1 rings (SSSR count). The lowest BCUT2D eigenvalue weighted by Crippen LogP contribution is -2.54. The zero-order valence-corrected chi connectivity index (χ0v) is 13.8. The first-order chi connectivity index (χ1) is 9.11. The predicted octanol–water partition coefficient (Wildman–Crippen LogP) is 4.39. The highest BCUT2D eigenvalue weighted by molar-refractivity contribution is 4.94. The molecule has 0 amide bonds. The van der Waals surface area contributed by atoms with Crippen molar-refractivity contribution in [3.63, 3.8) is 0 Å². The molecule has 1 aliphatic carbocycles. The average molecular weight is 269 g/mol. The molecule has 0 aromatic heterocycles. The van der Waals surface area contributed by atoms with Gasteiger partial charge in [-0.3, -0.25) is 0 Å². The molecule has 2 atom stereocenters. The van der Waals surface area contributed by atoms with Gasteiger partial charge in [-0.05, 0) is 51.0 Å². The third-order valence-corrected chi connectivity index (χ3v) is 5.38. The normalized spacial score (nSPS) is 28.9. The topological polar surface area (TPSA) is 21.3 Å². The molecular formula is C17H35NO. The lowest BCUT2D eigenvalue weighted by atomic mass is 9.72. The van der Waals surface area contributed by atoms with Gasteiger partial charge < -0.3 is 10.1 Å². The summed E-state index contributed by atoms with van der Waals surface area (Å²) >= 11 is 0. The van der Waals surface area contributed by atoms with Crippen molar-refractivity contribution in [3.8, 4) is 0 Å². The van der Waals surface area contributed by atoms with Crippen molar-refractivity contribution >= 4 is 0 Å². The fourth-order valence-corrected chi connectivity index (χ4v) is 3.60. The maximum absolute atomic E-state index is 5.89. The minimum absolute atomic E-state index is 0.0150. The Labute approximate surface area is 120 Å². The molecule has 0 aromatic carbocycles. The summed E-state index contributed by atoms with van der Waals surface area (Å²) < 4.78 is 5.89. The molecule has 2 nitrogen and oxygen atoms in total. The second-order valence-electron chi connectivity index (χ2n) is 6.49. The number of hydrogen-bond donors (Lipinski definition) is 1. The lowest BCUT2D eigenvalue weighted by Gasteiger charge is -2.43. The molecule has 1 saturated carbocycles. The molecular weight excluding hydrogens is 234 g/mol. The summed E-state index contributed by atoms with van der Waals surface area (Å²) in [5.74, 6) is 1.76. The zero-order chi connectivity index (χ0) is 14.3. The van der Waals surface area contributed by atoms with Gasteiger partial charge in [0.25, 0.3) is 0 Å². The summed E-state index contributed by atoms with van der Waals surface area (Å²) in [6.45, 7) is 10.2. The first-order valence-corrected chi connectivity index (χ1v) is 8.39. The fourth-order valence-electron chi connectivity index (χ4n) is 3.60. The van der Waals surface area contributed by atoms with E-state index in [1.54, 1.807) is 0 Å². The van der Waals surface area contributed by atoms with Crippen LogP contribution in [0, 0.1) is 11.8 Å². The maximum atomic E-state index is 5.89. The van der Waals surface area contributed by atoms with Gasteiger partial charge in [0.05, 0.1) is 5.60 Å². The molecule has 0 bridgehead atoms. The molecule has 0 saturated heterocycles. The Morgan fingerprint density at radius 1 is 1.16 bits per heavy atom. The van der Waals surface area contributed by atoms with E-state index in [0.717, 1.165) is 24.8 Å². The van der Waals surface area contributed by atoms with Crippen LogP contribution in [0.4, 0.5) is 0 Å². The molecule has 1 aliphatic rings. The molecule has 19 heavy (non-hydrogen) atoms. The third-order valence-electron chi connectivity index (χ3n) is 5.38. The molecule has 0 aromatic rings. The smallest absolute Gasteiger partial charge is 0.0803 e. The summed E-state index contributed by atoms with van der Waals surface area (Å²) in [6, 6.07) is 0.514. The van der Waals surface area contributed by atoms with E-state index in [2.05, 4.69) is 33.0 Å². The second-order valence-corrected chi connectivity index (χ2v) is 6.49. The number of methoxy groups -OCH3 is 1. The van der Waals surface area contributed by atoms with Crippen LogP contribution in [0.2, 0.25) is 0 Å². The van der Waals surface area contributed by atoms with Gasteiger partial charge in [0, 0.05) is 13.2 Å². The number of ether oxygens (including phenoxy) is 1. The van der Waals surface area contributed by atoms with Gasteiger partial charge in [-0.15, -0.1) is 0 Å². The Morgan fingerprint density at radius 3 is 2.21 bits per heavy atom. The highest BCUT2D eigenvalue weighted by Crippen LogP contribution is 2.37. The highest BCUT2D eigenvalue weighted by atomic mass is 16.5. The van der Waals surface area contributed by atoms with E-state index in [1.165, 1.54) is 38.5 Å². The van der Waals surface area contributed by atoms with Crippen molar-refractivity contribution < 1.29 is 4.74 Å². The maximum Gasteiger partial charge on any atom is 0.0803 e. The van der Waals surface area contributed by atoms with Crippen LogP contribution in [0.25, 0.3) is 0 Å². The van der Waals surface area contributed by atoms with Gasteiger partial charge in [0.2, 0.25) is 0 Å². The van der Waals surface area contributed by atoms with E-state index >= 15 is 0 Å². The second kappa shape index (κ2) is 8.26. The van der Waals surface area contributed by atoms with Crippen LogP contribution in [0.5, 0.6) is 0 Å². The Bertz CT molecular complexity index is 229. The quantitative estimate of drug-likeness (QED) is 0.706. The molecule has 1 fully saturated rings. The summed E-state index contributed by atoms with van der Waals surface area (Å²) in [5, 5.41) is 3.79. The van der Waals surface area contributed by atoms with E-state index in [9.17, 15) is 0 Å². The zero-order valence-electron chi connectivity index (χ0n) is 13.8. The first kappa shape index (κ1) is 17.0. The third kappa shape index (κ3) is 4.46. The fraction of sp³-hybridized carbons (Fsp3) is 1.00. The number of rotatable bonds is 8. The van der Waals surface area contributed by atoms with Crippen molar-refractivity contribution in [3.05, 3.63) is 0 Å². The van der Waals surface area contributed by atoms with Gasteiger partial charge in [-0.25, -0.2) is 0 Å². The van der Waals surface area contributed by atoms with Crippen LogP contribution in [-0.2, 0) is 4.74 Å². The van der Waals surface area contributed by atoms with Crippen LogP contribution < -0.4 is 5.32 Å². The molecule has 0 heterocycles. The summed E-state index contributed by atoms with van der Waals surface area (Å²) in [4.78, 5) is 0. The van der Waals surface area contributed by atoms with Crippen molar-refractivity contribution in [2.45, 2.75) is 84.3 Å². The Kier molecular flexibility index (Phi) is 7.38. The van der Waals surface area contributed by atoms with Crippen molar-refractivity contribution in [1.29, 1.82) is 0 Å². The van der Waals surface area contributed by atoms with E-state index in [4.69, 9.17) is 4.74 Å². The van der Waals surface area contributed by atoms with Crippen LogP contribution >= 0.6 is 0 Å². The molecule has 114 valence electrons. The SMILES string of the molecule is CCCNC(C1CCC(CC)CC1)C(C)(CC)OC. The van der Waals surface area contributed by atoms with Crippen LogP contribution in [0.1, 0.15) is 72.6 Å². The summed E-state index contributed by atoms with van der Waals surface area (Å²) in [6.07, 6.45) is 9.21. The highest BCUT2D eigenvalue weighted by Gasteiger charge is 2.39. The lowest BCUT2D eigenvalue weighted by molar-refractivity contribution is -0.0518. The van der Waals surface area contributed by atoms with Gasteiger partial charge in [0.1, 0.15) is 0 Å². The van der Waals surface area contributed by atoms with Gasteiger partial charge >= 0.3 is 0 Å². The van der Waals surface area contributed by atoms with Crippen LogP contribution in [-0.4, -0.2) is 25.3 Å². The van der Waals surface area contributed by atoms with Gasteiger partial charge in [-0.1, -0.05) is 40.0 Å². The van der Waals surface area contributed by atoms with E-state index in [1.807, 2.05) is 7.11 Å². The number of nitrogens with one attached hydrogen (secondary N) is 1. The molecule has 0 spiro atoms. The Morgan fingerprint density at radius 2 is 1.79 bits per heavy atom. The standard InChI is InChI=1S/C17H35NO/c1-6-13-18-16(17(4,8-3)19-5)15-11-9-14(7-2)10-12-15/h14-16,18H,6-13H2,1-5H3. The Balaban J connectivity index is 2.68. The molecule has 2 unspecified atom stereocenters. The molecule has 1 N–H and O–H groups in total. The van der Waals surface area contributed by atoms with Crippen molar-refractivity contribution in [2.24, 2.45) is 11.8 Å².